The lowest BCUT2D eigenvalue weighted by Crippen LogP contribution is -2.52. The van der Waals surface area contributed by atoms with E-state index in [-0.39, 0.29) is 0 Å². The van der Waals surface area contributed by atoms with Gasteiger partial charge in [0.05, 0.1) is 18.1 Å². The van der Waals surface area contributed by atoms with Crippen molar-refractivity contribution in [2.75, 3.05) is 6.54 Å². The normalized spacial score (nSPS) is 21.2. The minimum atomic E-state index is -3.08. The highest BCUT2D eigenvalue weighted by molar-refractivity contribution is 5.85. The Labute approximate surface area is 149 Å². The van der Waals surface area contributed by atoms with Crippen LogP contribution in [0.15, 0.2) is 36.5 Å². The van der Waals surface area contributed by atoms with Crippen LogP contribution in [0.5, 0.6) is 5.75 Å². The average molecular weight is 360 g/mol. The number of halogens is 2. The number of alkyl halides is 2. The van der Waals surface area contributed by atoms with Crippen molar-refractivity contribution >= 4 is 16.8 Å². The molecule has 26 heavy (non-hydrogen) atoms. The number of nitrogens with zero attached hydrogens (tertiary/aromatic N) is 3. The number of benzene rings is 1. The summed E-state index contributed by atoms with van der Waals surface area (Å²) in [6.45, 7) is 0.788. The van der Waals surface area contributed by atoms with E-state index in [9.17, 15) is 13.6 Å². The molecular weight excluding hydrogens is 342 g/mol. The molecule has 0 spiro atoms. The van der Waals surface area contributed by atoms with Crippen LogP contribution in [0.4, 0.5) is 8.78 Å². The number of carbonyl (C=O) groups excluding carboxylic acids is 1. The molecule has 1 aliphatic heterocycles. The molecule has 1 fully saturated rings. The predicted octanol–water partition coefficient (Wildman–Crippen LogP) is 2.09. The van der Waals surface area contributed by atoms with E-state index in [2.05, 4.69) is 4.98 Å². The number of amides is 1. The third-order valence-electron chi connectivity index (χ3n) is 4.41. The van der Waals surface area contributed by atoms with Gasteiger partial charge in [0.15, 0.2) is 0 Å². The third kappa shape index (κ3) is 3.44. The number of carbonyl (C=O) groups is 1. The van der Waals surface area contributed by atoms with Crippen LogP contribution in [0.25, 0.3) is 10.9 Å². The Hall–Kier alpha value is -2.79. The van der Waals surface area contributed by atoms with Crippen molar-refractivity contribution in [3.05, 3.63) is 36.5 Å². The number of pyridine rings is 1. The molecule has 1 unspecified atom stereocenters. The van der Waals surface area contributed by atoms with Crippen LogP contribution in [-0.2, 0) is 4.79 Å². The molecule has 0 radical (unpaired) electrons. The Morgan fingerprint density at radius 3 is 2.92 bits per heavy atom. The highest BCUT2D eigenvalue weighted by atomic mass is 19.3. The Balaban J connectivity index is 1.76. The minimum absolute atomic E-state index is 0.495. The van der Waals surface area contributed by atoms with Gasteiger partial charge in [0.25, 0.3) is 5.92 Å². The second kappa shape index (κ2) is 6.84. The van der Waals surface area contributed by atoms with Crippen LogP contribution in [0.1, 0.15) is 13.3 Å². The zero-order valence-electron chi connectivity index (χ0n) is 14.1. The summed E-state index contributed by atoms with van der Waals surface area (Å²) in [5.74, 6) is -3.31. The molecule has 136 valence electrons. The molecule has 0 saturated carbocycles. The molecule has 1 aromatic carbocycles. The van der Waals surface area contributed by atoms with Crippen molar-refractivity contribution in [3.63, 3.8) is 0 Å². The Kier molecular flexibility index (Phi) is 4.74. The molecule has 1 amide bonds. The summed E-state index contributed by atoms with van der Waals surface area (Å²) < 4.78 is 32.9. The molecule has 1 saturated heterocycles. The lowest BCUT2D eigenvalue weighted by Gasteiger charge is -2.27. The maximum atomic E-state index is 13.6. The number of likely N-dealkylation sites (tertiary alicyclic amines) is 1. The van der Waals surface area contributed by atoms with Gasteiger partial charge < -0.3 is 15.4 Å². The fraction of sp³-hybridized carbons (Fsp3) is 0.389. The van der Waals surface area contributed by atoms with Crippen molar-refractivity contribution in [2.45, 2.75) is 37.5 Å². The summed E-state index contributed by atoms with van der Waals surface area (Å²) in [5, 5.41) is 9.79. The van der Waals surface area contributed by atoms with Crippen molar-refractivity contribution in [3.8, 4) is 11.8 Å². The van der Waals surface area contributed by atoms with Gasteiger partial charge in [0, 0.05) is 18.0 Å². The first-order valence-corrected chi connectivity index (χ1v) is 8.16. The number of hydrogen-bond acceptors (Lipinski definition) is 5. The molecule has 3 rings (SSSR count). The monoisotopic (exact) mass is 360 g/mol. The average Bonchev–Trinajstić information content (AvgIpc) is 2.95. The van der Waals surface area contributed by atoms with Gasteiger partial charge in [-0.25, -0.2) is 8.78 Å². The minimum Gasteiger partial charge on any atom is -0.488 e. The second-order valence-corrected chi connectivity index (χ2v) is 6.35. The predicted molar refractivity (Wildman–Crippen MR) is 90.5 cm³/mol. The first-order chi connectivity index (χ1) is 12.3. The van der Waals surface area contributed by atoms with Crippen LogP contribution >= 0.6 is 0 Å². The summed E-state index contributed by atoms with van der Waals surface area (Å²) >= 11 is 0. The van der Waals surface area contributed by atoms with Crippen molar-refractivity contribution in [1.29, 1.82) is 5.26 Å². The molecule has 0 aliphatic carbocycles. The topological polar surface area (TPSA) is 92.2 Å². The highest BCUT2D eigenvalue weighted by Gasteiger charge is 2.48. The lowest BCUT2D eigenvalue weighted by atomic mass is 10.1. The van der Waals surface area contributed by atoms with Crippen molar-refractivity contribution in [1.82, 2.24) is 9.88 Å². The van der Waals surface area contributed by atoms with Gasteiger partial charge in [-0.3, -0.25) is 9.78 Å². The number of fused-ring (bicyclic) bond motifs is 1. The molecule has 2 N–H and O–H groups in total. The summed E-state index contributed by atoms with van der Waals surface area (Å²) in [6, 6.07) is 8.35. The smallest absolute Gasteiger partial charge is 0.268 e. The zero-order chi connectivity index (χ0) is 18.9. The quantitative estimate of drug-likeness (QED) is 0.901. The molecule has 1 aromatic heterocycles. The molecule has 6 nitrogen and oxygen atoms in total. The first kappa shape index (κ1) is 18.0. The van der Waals surface area contributed by atoms with Crippen LogP contribution < -0.4 is 10.5 Å². The summed E-state index contributed by atoms with van der Waals surface area (Å²) in [6.07, 6.45) is 0.123. The number of hydrogen-bond donors (Lipinski definition) is 1. The second-order valence-electron chi connectivity index (χ2n) is 6.35. The Morgan fingerprint density at radius 1 is 1.46 bits per heavy atom. The van der Waals surface area contributed by atoms with Crippen LogP contribution in [-0.4, -0.2) is 46.4 Å². The van der Waals surface area contributed by atoms with Gasteiger partial charge >= 0.3 is 0 Å². The first-order valence-electron chi connectivity index (χ1n) is 8.16. The largest absolute Gasteiger partial charge is 0.488 e. The number of aromatic nitrogens is 1. The Morgan fingerprint density at radius 2 is 2.19 bits per heavy atom. The number of ether oxygens (including phenoxy) is 1. The van der Waals surface area contributed by atoms with Gasteiger partial charge in [-0.15, -0.1) is 0 Å². The molecule has 1 aliphatic rings. The third-order valence-corrected chi connectivity index (χ3v) is 4.41. The van der Waals surface area contributed by atoms with Crippen LogP contribution in [0.2, 0.25) is 0 Å². The standard InChI is InChI=1S/C18H18F2N4O2/c1-11(26-15-6-7-23-14-5-3-2-4-13(14)15)16(22)17(25)24-10-18(19,20)8-12(24)9-21/h2-7,11-12,16H,8,10,22H2,1H3/t11-,12?,16+/m1/s1. The van der Waals surface area contributed by atoms with Gasteiger partial charge in [-0.05, 0) is 25.1 Å². The number of nitrogens with two attached hydrogens (primary N) is 1. The van der Waals surface area contributed by atoms with Crippen molar-refractivity contribution < 1.29 is 18.3 Å². The maximum absolute atomic E-state index is 13.6. The van der Waals surface area contributed by atoms with E-state index in [1.54, 1.807) is 25.3 Å². The maximum Gasteiger partial charge on any atom is 0.268 e. The van der Waals surface area contributed by atoms with E-state index in [4.69, 9.17) is 15.7 Å². The Bertz CT molecular complexity index is 862. The molecule has 2 aromatic rings. The zero-order valence-corrected chi connectivity index (χ0v) is 14.1. The molecule has 2 heterocycles. The fourth-order valence-electron chi connectivity index (χ4n) is 3.00. The van der Waals surface area contributed by atoms with Gasteiger partial charge in [-0.2, -0.15) is 5.26 Å². The van der Waals surface area contributed by atoms with E-state index in [1.165, 1.54) is 0 Å². The number of nitriles is 1. The number of rotatable bonds is 4. The molecule has 8 heteroatoms. The summed E-state index contributed by atoms with van der Waals surface area (Å²) in [4.78, 5) is 17.6. The summed E-state index contributed by atoms with van der Waals surface area (Å²) in [5.41, 5.74) is 6.67. The van der Waals surface area contributed by atoms with Gasteiger partial charge in [0.2, 0.25) is 5.91 Å². The summed E-state index contributed by atoms with van der Waals surface area (Å²) in [7, 11) is 0. The number of para-hydroxylation sites is 1. The van der Waals surface area contributed by atoms with E-state index in [0.717, 1.165) is 15.8 Å². The van der Waals surface area contributed by atoms with Gasteiger partial charge in [0.1, 0.15) is 23.9 Å². The fourth-order valence-corrected chi connectivity index (χ4v) is 3.00. The molecule has 0 bridgehead atoms. The van der Waals surface area contributed by atoms with Crippen LogP contribution in [0.3, 0.4) is 0 Å². The molecular formula is C18H18F2N4O2. The SMILES string of the molecule is C[C@@H](Oc1ccnc2ccccc12)[C@H](N)C(=O)N1CC(F)(F)CC1C#N. The van der Waals surface area contributed by atoms with Crippen LogP contribution in [0, 0.1) is 11.3 Å². The van der Waals surface area contributed by atoms with E-state index in [1.807, 2.05) is 24.3 Å². The van der Waals surface area contributed by atoms with E-state index >= 15 is 0 Å². The lowest BCUT2D eigenvalue weighted by molar-refractivity contribution is -0.135. The molecule has 3 atom stereocenters. The highest BCUT2D eigenvalue weighted by Crippen LogP contribution is 2.32. The van der Waals surface area contributed by atoms with Gasteiger partial charge in [-0.1, -0.05) is 12.1 Å². The van der Waals surface area contributed by atoms with E-state index < -0.39 is 43.0 Å². The van der Waals surface area contributed by atoms with E-state index in [0.29, 0.717) is 5.75 Å². The van der Waals surface area contributed by atoms with Crippen molar-refractivity contribution in [2.24, 2.45) is 5.73 Å².